The summed E-state index contributed by atoms with van der Waals surface area (Å²) in [6.07, 6.45) is -11.2. The maximum Gasteiger partial charge on any atom is 0.411 e. The monoisotopic (exact) mass is 376 g/mol. The molecule has 2 rings (SSSR count). The average Bonchev–Trinajstić information content (AvgIpc) is 2.46. The fraction of sp³-hybridized carbons (Fsp3) is 0.368. The highest BCUT2D eigenvalue weighted by atomic mass is 19.4. The van der Waals surface area contributed by atoms with Gasteiger partial charge in [0.25, 0.3) is 0 Å². The number of halogens is 6. The number of benzene rings is 2. The fourth-order valence-corrected chi connectivity index (χ4v) is 2.80. The van der Waals surface area contributed by atoms with E-state index in [1.165, 1.54) is 6.07 Å². The quantitative estimate of drug-likeness (QED) is 0.573. The van der Waals surface area contributed by atoms with E-state index in [0.717, 1.165) is 48.5 Å². The van der Waals surface area contributed by atoms with Gasteiger partial charge >= 0.3 is 12.4 Å². The van der Waals surface area contributed by atoms with Crippen molar-refractivity contribution < 1.29 is 31.1 Å². The predicted molar refractivity (Wildman–Crippen MR) is 86.2 cm³/mol. The number of hydrogen-bond acceptors (Lipinski definition) is 1. The van der Waals surface area contributed by atoms with Gasteiger partial charge in [-0.15, -0.1) is 0 Å². The second-order valence-corrected chi connectivity index (χ2v) is 6.85. The van der Waals surface area contributed by atoms with E-state index in [9.17, 15) is 26.3 Å². The molecule has 2 aromatic rings. The first kappa shape index (κ1) is 20.1. The lowest BCUT2D eigenvalue weighted by Gasteiger charge is -2.38. The molecule has 0 bridgehead atoms. The van der Waals surface area contributed by atoms with Gasteiger partial charge in [-0.3, -0.25) is 0 Å². The Morgan fingerprint density at radius 1 is 0.615 bits per heavy atom. The zero-order valence-corrected chi connectivity index (χ0v) is 14.4. The van der Waals surface area contributed by atoms with Crippen LogP contribution < -0.4 is 4.74 Å². The topological polar surface area (TPSA) is 9.23 Å². The molecule has 0 aliphatic carbocycles. The van der Waals surface area contributed by atoms with Crippen molar-refractivity contribution >= 4 is 0 Å². The summed E-state index contributed by atoms with van der Waals surface area (Å²) >= 11 is 0. The van der Waals surface area contributed by atoms with E-state index in [1.807, 2.05) is 0 Å². The Balaban J connectivity index is 2.69. The number of hydrogen-bond donors (Lipinski definition) is 0. The molecular weight excluding hydrogens is 358 g/mol. The van der Waals surface area contributed by atoms with E-state index in [1.54, 1.807) is 20.8 Å². The molecule has 0 unspecified atom stereocenters. The van der Waals surface area contributed by atoms with Crippen LogP contribution in [0.3, 0.4) is 0 Å². The van der Waals surface area contributed by atoms with Crippen LogP contribution in [0.2, 0.25) is 0 Å². The Kier molecular flexibility index (Phi) is 5.05. The van der Waals surface area contributed by atoms with Crippen LogP contribution in [-0.2, 0) is 5.41 Å². The molecule has 0 fully saturated rings. The van der Waals surface area contributed by atoms with Gasteiger partial charge in [-0.1, -0.05) is 42.5 Å². The highest BCUT2D eigenvalue weighted by Gasteiger charge is 2.72. The molecule has 2 aromatic carbocycles. The number of ether oxygens (including phenoxy) is 1. The first-order valence-electron chi connectivity index (χ1n) is 7.77. The van der Waals surface area contributed by atoms with Gasteiger partial charge in [0.15, 0.2) is 0 Å². The van der Waals surface area contributed by atoms with Gasteiger partial charge in [0.05, 0.1) is 0 Å². The maximum atomic E-state index is 13.9. The summed E-state index contributed by atoms with van der Waals surface area (Å²) in [5.41, 5.74) is -6.55. The summed E-state index contributed by atoms with van der Waals surface area (Å²) in [5, 5.41) is 0. The van der Waals surface area contributed by atoms with Crippen LogP contribution in [0.25, 0.3) is 0 Å². The normalized spacial score (nSPS) is 13.6. The summed E-state index contributed by atoms with van der Waals surface area (Å²) < 4.78 is 88.7. The predicted octanol–water partition coefficient (Wildman–Crippen LogP) is 6.27. The summed E-state index contributed by atoms with van der Waals surface area (Å²) in [4.78, 5) is 0. The van der Waals surface area contributed by atoms with Crippen LogP contribution >= 0.6 is 0 Å². The van der Waals surface area contributed by atoms with Crippen molar-refractivity contribution in [1.29, 1.82) is 0 Å². The number of rotatable bonds is 3. The molecule has 0 aliphatic heterocycles. The minimum atomic E-state index is -5.58. The highest BCUT2D eigenvalue weighted by molar-refractivity contribution is 5.45. The summed E-state index contributed by atoms with van der Waals surface area (Å²) in [5.74, 6) is 0.188. The van der Waals surface area contributed by atoms with Gasteiger partial charge in [0, 0.05) is 0 Å². The van der Waals surface area contributed by atoms with Gasteiger partial charge in [-0.2, -0.15) is 26.3 Å². The van der Waals surface area contributed by atoms with Crippen molar-refractivity contribution in [3.05, 3.63) is 65.7 Å². The molecule has 1 nitrogen and oxygen atoms in total. The van der Waals surface area contributed by atoms with E-state index in [-0.39, 0.29) is 5.75 Å². The zero-order valence-electron chi connectivity index (χ0n) is 14.4. The van der Waals surface area contributed by atoms with Crippen LogP contribution in [0.5, 0.6) is 5.75 Å². The standard InChI is InChI=1S/C19H18F6O/c1-16(2,3)26-15-11-9-14(10-12-15)17(18(20,21)22,19(23,24)25)13-7-5-4-6-8-13/h4-12H,1-3H3. The van der Waals surface area contributed by atoms with Crippen molar-refractivity contribution in [1.82, 2.24) is 0 Å². The highest BCUT2D eigenvalue weighted by Crippen LogP contribution is 2.56. The Labute approximate surface area is 147 Å². The maximum absolute atomic E-state index is 13.9. The Bertz CT molecular complexity index is 710. The average molecular weight is 376 g/mol. The van der Waals surface area contributed by atoms with Gasteiger partial charge < -0.3 is 4.74 Å². The molecule has 0 spiro atoms. The van der Waals surface area contributed by atoms with Crippen molar-refractivity contribution in [2.24, 2.45) is 0 Å². The van der Waals surface area contributed by atoms with Gasteiger partial charge in [0.1, 0.15) is 11.4 Å². The molecule has 0 aromatic heterocycles. The molecule has 0 saturated carbocycles. The minimum absolute atomic E-state index is 0.188. The lowest BCUT2D eigenvalue weighted by Crippen LogP contribution is -2.54. The fourth-order valence-electron chi connectivity index (χ4n) is 2.80. The minimum Gasteiger partial charge on any atom is -0.488 e. The molecule has 142 valence electrons. The summed E-state index contributed by atoms with van der Waals surface area (Å²) in [6.45, 7) is 5.17. The lowest BCUT2D eigenvalue weighted by molar-refractivity contribution is -0.288. The van der Waals surface area contributed by atoms with Gasteiger partial charge in [0.2, 0.25) is 5.41 Å². The molecule has 0 saturated heterocycles. The first-order chi connectivity index (χ1) is 11.8. The Hall–Kier alpha value is -2.18. The first-order valence-corrected chi connectivity index (χ1v) is 7.77. The zero-order chi connectivity index (χ0) is 19.8. The molecule has 0 radical (unpaired) electrons. The van der Waals surface area contributed by atoms with E-state index >= 15 is 0 Å². The molecular formula is C19H18F6O. The summed E-state index contributed by atoms with van der Waals surface area (Å²) in [6, 6.07) is 9.20. The third kappa shape index (κ3) is 3.66. The van der Waals surface area contributed by atoms with Crippen LogP contribution in [0.15, 0.2) is 54.6 Å². The summed E-state index contributed by atoms with van der Waals surface area (Å²) in [7, 11) is 0. The second kappa shape index (κ2) is 6.52. The van der Waals surface area contributed by atoms with Crippen LogP contribution in [0.4, 0.5) is 26.3 Å². The third-order valence-corrected chi connectivity index (χ3v) is 3.77. The molecule has 0 aliphatic rings. The van der Waals surface area contributed by atoms with E-state index in [2.05, 4.69) is 0 Å². The van der Waals surface area contributed by atoms with Crippen molar-refractivity contribution in [2.45, 2.75) is 44.1 Å². The molecule has 0 atom stereocenters. The van der Waals surface area contributed by atoms with Crippen LogP contribution in [0, 0.1) is 0 Å². The van der Waals surface area contributed by atoms with Crippen molar-refractivity contribution in [2.75, 3.05) is 0 Å². The van der Waals surface area contributed by atoms with Gasteiger partial charge in [-0.25, -0.2) is 0 Å². The Morgan fingerprint density at radius 3 is 1.42 bits per heavy atom. The molecule has 26 heavy (non-hydrogen) atoms. The van der Waals surface area contributed by atoms with Crippen molar-refractivity contribution in [3.8, 4) is 5.75 Å². The third-order valence-electron chi connectivity index (χ3n) is 3.77. The molecule has 0 heterocycles. The SMILES string of the molecule is CC(C)(C)Oc1ccc(C(c2ccccc2)(C(F)(F)F)C(F)(F)F)cc1. The second-order valence-electron chi connectivity index (χ2n) is 6.85. The largest absolute Gasteiger partial charge is 0.488 e. The van der Waals surface area contributed by atoms with Crippen molar-refractivity contribution in [3.63, 3.8) is 0 Å². The van der Waals surface area contributed by atoms with Crippen LogP contribution in [0.1, 0.15) is 31.9 Å². The van der Waals surface area contributed by atoms with Crippen LogP contribution in [-0.4, -0.2) is 18.0 Å². The smallest absolute Gasteiger partial charge is 0.411 e. The lowest BCUT2D eigenvalue weighted by atomic mass is 9.73. The number of alkyl halides is 6. The Morgan fingerprint density at radius 2 is 1.04 bits per heavy atom. The van der Waals surface area contributed by atoms with Gasteiger partial charge in [-0.05, 0) is 44.0 Å². The van der Waals surface area contributed by atoms with E-state index in [0.29, 0.717) is 0 Å². The van der Waals surface area contributed by atoms with E-state index in [4.69, 9.17) is 4.74 Å². The molecule has 7 heteroatoms. The van der Waals surface area contributed by atoms with E-state index < -0.39 is 34.5 Å². The molecule has 0 amide bonds. The molecule has 0 N–H and O–H groups in total.